The van der Waals surface area contributed by atoms with Gasteiger partial charge in [0.15, 0.2) is 0 Å². The number of pyridine rings is 4. The molecule has 2 aliphatic heterocycles. The van der Waals surface area contributed by atoms with Gasteiger partial charge in [0.25, 0.3) is 0 Å². The Balaban J connectivity index is 0.000000148. The first-order valence-electron chi connectivity index (χ1n) is 23.0. The first kappa shape index (κ1) is 41.5. The van der Waals surface area contributed by atoms with Crippen molar-refractivity contribution in [3.05, 3.63) is 116 Å². The maximum atomic E-state index is 4.66. The lowest BCUT2D eigenvalue weighted by molar-refractivity contribution is 0.579. The van der Waals surface area contributed by atoms with Crippen LogP contribution >= 0.6 is 0 Å². The number of rotatable bonds is 7. The zero-order chi connectivity index (χ0) is 44.3. The Hall–Kier alpha value is -7.54. The number of H-pyrrole nitrogens is 4. The molecular weight excluding hydrogens is 807 g/mol. The van der Waals surface area contributed by atoms with Gasteiger partial charge >= 0.3 is 0 Å². The van der Waals surface area contributed by atoms with Crippen molar-refractivity contribution in [2.75, 3.05) is 55.0 Å². The van der Waals surface area contributed by atoms with Crippen molar-refractivity contribution < 1.29 is 0 Å². The van der Waals surface area contributed by atoms with Crippen LogP contribution in [0, 0.1) is 0 Å². The van der Waals surface area contributed by atoms with E-state index in [1.54, 1.807) is 6.20 Å². The summed E-state index contributed by atoms with van der Waals surface area (Å²) >= 11 is 0. The van der Waals surface area contributed by atoms with E-state index in [-0.39, 0.29) is 0 Å². The number of nitrogens with one attached hydrogen (secondary N) is 4. The van der Waals surface area contributed by atoms with Crippen LogP contribution in [0.1, 0.15) is 52.4 Å². The lowest BCUT2D eigenvalue weighted by Crippen LogP contribution is -2.29. The molecule has 328 valence electrons. The summed E-state index contributed by atoms with van der Waals surface area (Å²) in [6, 6.07) is 27.6. The van der Waals surface area contributed by atoms with Crippen LogP contribution in [0.25, 0.3) is 88.9 Å². The smallest absolute Gasteiger partial charge is 0.139 e. The van der Waals surface area contributed by atoms with Crippen molar-refractivity contribution in [2.24, 2.45) is 0 Å². The number of hydrogen-bond donors (Lipinski definition) is 4. The second kappa shape index (κ2) is 18.3. The number of aromatic amines is 4. The Labute approximate surface area is 378 Å². The highest BCUT2D eigenvalue weighted by Gasteiger charge is 2.20. The fraction of sp³-hybridized carbons (Fsp3) is 0.269. The standard InChI is InChI=1S/C26H27N7.C24H22N6.C2H6/c1-32(2)19-12-18(15-27-16-19)17-6-7-22-20(13-17)25(31-30-22)23-14-21-24(8-9-28-26(21)29-23)33-10-4-3-5-11-33;1-2-11-30(12-3-1)22-8-10-26-24-19(22)14-21(27-24)23-18-13-16(6-7-20(18)28-29-23)17-5-4-9-25-15-17;1-2/h6-9,12-16H,3-5,10-11H2,1-2H3,(H,28,29)(H,30,31);4-10,13-15H,1-3,11-12H2,(H,26,27)(H,28,29);1-2H3. The summed E-state index contributed by atoms with van der Waals surface area (Å²) < 4.78 is 0. The van der Waals surface area contributed by atoms with Gasteiger partial charge in [0, 0.05) is 115 Å². The third kappa shape index (κ3) is 8.25. The summed E-state index contributed by atoms with van der Waals surface area (Å²) in [5, 5.41) is 20.1. The quantitative estimate of drug-likeness (QED) is 0.123. The summed E-state index contributed by atoms with van der Waals surface area (Å²) in [5.41, 5.74) is 15.6. The van der Waals surface area contributed by atoms with E-state index in [1.165, 1.54) is 49.9 Å². The molecule has 0 spiro atoms. The molecule has 0 aliphatic carbocycles. The van der Waals surface area contributed by atoms with E-state index in [0.29, 0.717) is 0 Å². The third-order valence-corrected chi connectivity index (χ3v) is 12.6. The van der Waals surface area contributed by atoms with Crippen molar-refractivity contribution in [2.45, 2.75) is 52.4 Å². The van der Waals surface area contributed by atoms with E-state index in [4.69, 9.17) is 0 Å². The first-order chi connectivity index (χ1) is 32.0. The largest absolute Gasteiger partial charge is 0.376 e. The van der Waals surface area contributed by atoms with Gasteiger partial charge in [-0.3, -0.25) is 20.2 Å². The minimum Gasteiger partial charge on any atom is -0.376 e. The molecule has 2 saturated heterocycles. The second-order valence-corrected chi connectivity index (χ2v) is 16.9. The average Bonchev–Trinajstić information content (AvgIpc) is 4.20. The summed E-state index contributed by atoms with van der Waals surface area (Å²) in [6.45, 7) is 8.43. The molecule has 0 radical (unpaired) electrons. The maximum Gasteiger partial charge on any atom is 0.139 e. The molecule has 12 rings (SSSR count). The number of anilines is 3. The molecule has 65 heavy (non-hydrogen) atoms. The van der Waals surface area contributed by atoms with Crippen molar-refractivity contribution >= 4 is 60.9 Å². The molecule has 0 unspecified atom stereocenters. The molecule has 4 N–H and O–H groups in total. The van der Waals surface area contributed by atoms with Crippen molar-refractivity contribution in [3.63, 3.8) is 0 Å². The molecule has 10 aromatic rings. The number of piperidine rings is 2. The highest BCUT2D eigenvalue weighted by molar-refractivity contribution is 6.01. The van der Waals surface area contributed by atoms with Gasteiger partial charge < -0.3 is 24.7 Å². The molecule has 13 nitrogen and oxygen atoms in total. The summed E-state index contributed by atoms with van der Waals surface area (Å²) in [6.07, 6.45) is 18.9. The molecule has 0 saturated carbocycles. The van der Waals surface area contributed by atoms with E-state index in [2.05, 4.69) is 138 Å². The number of nitrogens with zero attached hydrogens (tertiary/aromatic N) is 9. The van der Waals surface area contributed by atoms with Crippen LogP contribution < -0.4 is 14.7 Å². The molecule has 0 atom stereocenters. The molecule has 8 aromatic heterocycles. The first-order valence-corrected chi connectivity index (χ1v) is 23.0. The average molecular weight is 862 g/mol. The molecular formula is C52H55N13. The number of hydrogen-bond acceptors (Lipinski definition) is 9. The van der Waals surface area contributed by atoms with E-state index in [0.717, 1.165) is 121 Å². The molecule has 13 heteroatoms. The maximum absolute atomic E-state index is 4.66. The summed E-state index contributed by atoms with van der Waals surface area (Å²) in [4.78, 5) is 31.9. The van der Waals surface area contributed by atoms with Crippen molar-refractivity contribution in [3.8, 4) is 45.0 Å². The Morgan fingerprint density at radius 2 is 1.02 bits per heavy atom. The highest BCUT2D eigenvalue weighted by atomic mass is 15.2. The van der Waals surface area contributed by atoms with Gasteiger partial charge in [0.1, 0.15) is 22.7 Å². The minimum atomic E-state index is 0.906. The fourth-order valence-corrected chi connectivity index (χ4v) is 9.26. The van der Waals surface area contributed by atoms with Crippen LogP contribution in [-0.2, 0) is 0 Å². The van der Waals surface area contributed by atoms with Gasteiger partial charge in [0.2, 0.25) is 0 Å². The molecule has 0 amide bonds. The van der Waals surface area contributed by atoms with Crippen molar-refractivity contribution in [1.29, 1.82) is 0 Å². The lowest BCUT2D eigenvalue weighted by atomic mass is 10.0. The van der Waals surface area contributed by atoms with E-state index in [1.807, 2.05) is 65.0 Å². The van der Waals surface area contributed by atoms with Gasteiger partial charge in [-0.1, -0.05) is 32.0 Å². The van der Waals surface area contributed by atoms with Crippen LogP contribution in [0.5, 0.6) is 0 Å². The van der Waals surface area contributed by atoms with Gasteiger partial charge in [-0.25, -0.2) is 9.97 Å². The SMILES string of the molecule is CC.CN(C)c1cncc(-c2ccc3[nH]nc(-c4cc5c(N6CCCCC6)ccnc5[nH]4)c3c2)c1.c1cncc(-c2ccc3[nH]nc(-c4cc5c(N6CCCCC6)ccnc5[nH]4)c3c2)c1. The fourth-order valence-electron chi connectivity index (χ4n) is 9.26. The zero-order valence-corrected chi connectivity index (χ0v) is 37.6. The summed E-state index contributed by atoms with van der Waals surface area (Å²) in [5.74, 6) is 0. The number of aromatic nitrogens is 10. The molecule has 10 heterocycles. The topological polar surface area (TPSA) is 150 Å². The van der Waals surface area contributed by atoms with Crippen LogP contribution in [-0.4, -0.2) is 90.6 Å². The Morgan fingerprint density at radius 3 is 1.52 bits per heavy atom. The molecule has 0 bridgehead atoms. The van der Waals surface area contributed by atoms with Gasteiger partial charge in [-0.05, 0) is 110 Å². The monoisotopic (exact) mass is 861 g/mol. The Kier molecular flexibility index (Phi) is 11.7. The van der Waals surface area contributed by atoms with Gasteiger partial charge in [0.05, 0.1) is 34.3 Å². The Morgan fingerprint density at radius 1 is 0.492 bits per heavy atom. The van der Waals surface area contributed by atoms with Gasteiger partial charge in [-0.2, -0.15) is 10.2 Å². The van der Waals surface area contributed by atoms with Crippen LogP contribution in [0.2, 0.25) is 0 Å². The zero-order valence-electron chi connectivity index (χ0n) is 37.6. The highest BCUT2D eigenvalue weighted by Crippen LogP contribution is 2.37. The van der Waals surface area contributed by atoms with E-state index >= 15 is 0 Å². The van der Waals surface area contributed by atoms with Gasteiger partial charge in [-0.15, -0.1) is 0 Å². The molecule has 2 aromatic carbocycles. The Bertz CT molecular complexity index is 3200. The number of fused-ring (bicyclic) bond motifs is 4. The lowest BCUT2D eigenvalue weighted by Gasteiger charge is -2.29. The normalized spacial score (nSPS) is 14.1. The van der Waals surface area contributed by atoms with Crippen LogP contribution in [0.4, 0.5) is 17.1 Å². The molecule has 2 aliphatic rings. The number of benzene rings is 2. The van der Waals surface area contributed by atoms with Crippen LogP contribution in [0.15, 0.2) is 116 Å². The summed E-state index contributed by atoms with van der Waals surface area (Å²) in [7, 11) is 4.06. The van der Waals surface area contributed by atoms with Crippen LogP contribution in [0.3, 0.4) is 0 Å². The second-order valence-electron chi connectivity index (χ2n) is 16.9. The third-order valence-electron chi connectivity index (χ3n) is 12.6. The van der Waals surface area contributed by atoms with Crippen molar-refractivity contribution in [1.82, 2.24) is 50.3 Å². The van der Waals surface area contributed by atoms with E-state index in [9.17, 15) is 0 Å². The predicted molar refractivity (Wildman–Crippen MR) is 267 cm³/mol. The molecule has 2 fully saturated rings. The van der Waals surface area contributed by atoms with E-state index < -0.39 is 0 Å². The minimum absolute atomic E-state index is 0.906. The predicted octanol–water partition coefficient (Wildman–Crippen LogP) is 11.4.